The minimum absolute atomic E-state index is 0.0825. The molecule has 190 valence electrons. The number of carbonyl (C=O) groups excluding carboxylic acids is 2. The third kappa shape index (κ3) is 5.10. The molecule has 1 saturated heterocycles. The van der Waals surface area contributed by atoms with Crippen molar-refractivity contribution >= 4 is 23.6 Å². The maximum absolute atomic E-state index is 13.2. The summed E-state index contributed by atoms with van der Waals surface area (Å²) in [5, 5.41) is 7.93. The summed E-state index contributed by atoms with van der Waals surface area (Å²) < 4.78 is 46.9. The molecule has 0 N–H and O–H groups in total. The molecule has 2 aromatic rings. The molecule has 2 aliphatic rings. The number of halogens is 4. The molecule has 1 aromatic carbocycles. The van der Waals surface area contributed by atoms with E-state index in [1.807, 2.05) is 6.92 Å². The van der Waals surface area contributed by atoms with E-state index in [-0.39, 0.29) is 29.9 Å². The third-order valence-electron chi connectivity index (χ3n) is 6.14. The van der Waals surface area contributed by atoms with Crippen LogP contribution in [0.15, 0.2) is 18.2 Å². The molecule has 8 nitrogen and oxygen atoms in total. The first-order chi connectivity index (χ1) is 16.3. The fourth-order valence-electron chi connectivity index (χ4n) is 4.44. The molecule has 1 fully saturated rings. The van der Waals surface area contributed by atoms with Crippen molar-refractivity contribution in [2.24, 2.45) is 0 Å². The summed E-state index contributed by atoms with van der Waals surface area (Å²) in [6.07, 6.45) is -4.33. The van der Waals surface area contributed by atoms with E-state index in [9.17, 15) is 22.8 Å². The van der Waals surface area contributed by atoms with Crippen molar-refractivity contribution in [3.8, 4) is 0 Å². The van der Waals surface area contributed by atoms with Gasteiger partial charge >= 0.3 is 12.3 Å². The molecular weight excluding hydrogens is 487 g/mol. The SMILES string of the molecule is CC1Cn2c(nnc2C2CCN(C(=O)OC(C)(C)C)C2)C(=O)N1Cc1cccc(C(F)(F)F)c1Cl. The molecule has 2 aliphatic heterocycles. The number of carbonyl (C=O) groups is 2. The highest BCUT2D eigenvalue weighted by Crippen LogP contribution is 2.37. The minimum atomic E-state index is -4.59. The summed E-state index contributed by atoms with van der Waals surface area (Å²) in [6.45, 7) is 8.43. The standard InChI is InChI=1S/C23H27ClF3N5O3/c1-13-10-32-18(15-8-9-30(11-15)21(34)35-22(2,3)4)28-29-19(32)20(33)31(13)12-14-6-5-7-16(17(14)24)23(25,26)27/h5-7,13,15H,8-12H2,1-4H3. The highest BCUT2D eigenvalue weighted by molar-refractivity contribution is 6.32. The fraction of sp³-hybridized carbons (Fsp3) is 0.565. The van der Waals surface area contributed by atoms with Gasteiger partial charge in [0.05, 0.1) is 10.6 Å². The van der Waals surface area contributed by atoms with Crippen LogP contribution in [0.25, 0.3) is 0 Å². The topological polar surface area (TPSA) is 80.6 Å². The van der Waals surface area contributed by atoms with Crippen molar-refractivity contribution < 1.29 is 27.5 Å². The van der Waals surface area contributed by atoms with Crippen molar-refractivity contribution in [3.63, 3.8) is 0 Å². The van der Waals surface area contributed by atoms with Crippen molar-refractivity contribution in [1.29, 1.82) is 0 Å². The maximum Gasteiger partial charge on any atom is 0.417 e. The number of likely N-dealkylation sites (tertiary alicyclic amines) is 1. The molecule has 2 unspecified atom stereocenters. The number of hydrogen-bond donors (Lipinski definition) is 0. The summed E-state index contributed by atoms with van der Waals surface area (Å²) in [6, 6.07) is 3.34. The van der Waals surface area contributed by atoms with Crippen LogP contribution >= 0.6 is 11.6 Å². The van der Waals surface area contributed by atoms with Crippen molar-refractivity contribution in [2.45, 2.75) is 70.9 Å². The number of alkyl halides is 3. The Morgan fingerprint density at radius 1 is 1.20 bits per heavy atom. The number of aromatic nitrogens is 3. The normalized spacial score (nSPS) is 20.9. The van der Waals surface area contributed by atoms with Gasteiger partial charge in [0.25, 0.3) is 5.91 Å². The Morgan fingerprint density at radius 2 is 1.91 bits per heavy atom. The Morgan fingerprint density at radius 3 is 2.57 bits per heavy atom. The number of amides is 2. The van der Waals surface area contributed by atoms with Gasteiger partial charge in [0.2, 0.25) is 5.82 Å². The van der Waals surface area contributed by atoms with E-state index >= 15 is 0 Å². The summed E-state index contributed by atoms with van der Waals surface area (Å²) in [5.74, 6) is 0.200. The number of fused-ring (bicyclic) bond motifs is 1. The highest BCUT2D eigenvalue weighted by atomic mass is 35.5. The number of benzene rings is 1. The average molecular weight is 514 g/mol. The maximum atomic E-state index is 13.2. The zero-order valence-corrected chi connectivity index (χ0v) is 20.7. The van der Waals surface area contributed by atoms with E-state index in [0.29, 0.717) is 31.9 Å². The number of ether oxygens (including phenoxy) is 1. The monoisotopic (exact) mass is 513 g/mol. The smallest absolute Gasteiger partial charge is 0.417 e. The van der Waals surface area contributed by atoms with Crippen LogP contribution in [-0.4, -0.2) is 61.3 Å². The zero-order valence-electron chi connectivity index (χ0n) is 19.9. The van der Waals surface area contributed by atoms with Crippen LogP contribution in [0.5, 0.6) is 0 Å². The lowest BCUT2D eigenvalue weighted by Gasteiger charge is -2.34. The highest BCUT2D eigenvalue weighted by Gasteiger charge is 2.39. The van der Waals surface area contributed by atoms with Gasteiger partial charge in [-0.1, -0.05) is 23.7 Å². The second-order valence-corrected chi connectivity index (χ2v) is 10.3. The van der Waals surface area contributed by atoms with Crippen LogP contribution in [-0.2, 0) is 24.0 Å². The molecule has 3 heterocycles. The van der Waals surface area contributed by atoms with Crippen LogP contribution in [0.4, 0.5) is 18.0 Å². The molecule has 0 bridgehead atoms. The molecule has 2 atom stereocenters. The Kier molecular flexibility index (Phi) is 6.50. The molecule has 0 saturated carbocycles. The summed E-state index contributed by atoms with van der Waals surface area (Å²) in [4.78, 5) is 28.7. The molecule has 1 aromatic heterocycles. The number of nitrogens with zero attached hydrogens (tertiary/aromatic N) is 5. The van der Waals surface area contributed by atoms with E-state index < -0.39 is 34.4 Å². The van der Waals surface area contributed by atoms with Gasteiger partial charge in [-0.3, -0.25) is 4.79 Å². The molecule has 4 rings (SSSR count). The van der Waals surface area contributed by atoms with Gasteiger partial charge in [0, 0.05) is 38.1 Å². The van der Waals surface area contributed by atoms with E-state index in [4.69, 9.17) is 16.3 Å². The quantitative estimate of drug-likeness (QED) is 0.593. The Bertz CT molecular complexity index is 1140. The van der Waals surface area contributed by atoms with Crippen molar-refractivity contribution in [1.82, 2.24) is 24.6 Å². The van der Waals surface area contributed by atoms with Crippen molar-refractivity contribution in [2.75, 3.05) is 13.1 Å². The van der Waals surface area contributed by atoms with Crippen LogP contribution in [0, 0.1) is 0 Å². The zero-order chi connectivity index (χ0) is 25.7. The summed E-state index contributed by atoms with van der Waals surface area (Å²) >= 11 is 6.04. The Labute approximate surface area is 206 Å². The van der Waals surface area contributed by atoms with Gasteiger partial charge < -0.3 is 19.1 Å². The van der Waals surface area contributed by atoms with Gasteiger partial charge in [-0.25, -0.2) is 4.79 Å². The summed E-state index contributed by atoms with van der Waals surface area (Å²) in [7, 11) is 0. The van der Waals surface area contributed by atoms with E-state index in [1.165, 1.54) is 17.0 Å². The van der Waals surface area contributed by atoms with Gasteiger partial charge in [-0.2, -0.15) is 13.2 Å². The number of hydrogen-bond acceptors (Lipinski definition) is 5. The molecule has 35 heavy (non-hydrogen) atoms. The van der Waals surface area contributed by atoms with Crippen LogP contribution in [0.2, 0.25) is 5.02 Å². The first-order valence-electron chi connectivity index (χ1n) is 11.3. The fourth-order valence-corrected chi connectivity index (χ4v) is 4.73. The molecule has 0 radical (unpaired) electrons. The molecular formula is C23H27ClF3N5O3. The average Bonchev–Trinajstić information content (AvgIpc) is 3.37. The van der Waals surface area contributed by atoms with Gasteiger partial charge in [-0.05, 0) is 45.7 Å². The van der Waals surface area contributed by atoms with E-state index in [2.05, 4.69) is 10.2 Å². The van der Waals surface area contributed by atoms with E-state index in [1.54, 1.807) is 30.2 Å². The van der Waals surface area contributed by atoms with Crippen molar-refractivity contribution in [3.05, 3.63) is 46.0 Å². The lowest BCUT2D eigenvalue weighted by atomic mass is 10.1. The Balaban J connectivity index is 1.52. The van der Waals surface area contributed by atoms with Crippen LogP contribution in [0.3, 0.4) is 0 Å². The minimum Gasteiger partial charge on any atom is -0.444 e. The second kappa shape index (κ2) is 9.00. The molecule has 0 aliphatic carbocycles. The predicted octanol–water partition coefficient (Wildman–Crippen LogP) is 4.72. The predicted molar refractivity (Wildman–Crippen MR) is 121 cm³/mol. The second-order valence-electron chi connectivity index (χ2n) is 9.96. The molecule has 12 heteroatoms. The van der Waals surface area contributed by atoms with Gasteiger partial charge in [-0.15, -0.1) is 10.2 Å². The van der Waals surface area contributed by atoms with E-state index in [0.717, 1.165) is 6.07 Å². The third-order valence-corrected chi connectivity index (χ3v) is 6.59. The first kappa shape index (κ1) is 25.3. The first-order valence-corrected chi connectivity index (χ1v) is 11.7. The lowest BCUT2D eigenvalue weighted by Crippen LogP contribution is -2.46. The lowest BCUT2D eigenvalue weighted by molar-refractivity contribution is -0.137. The summed E-state index contributed by atoms with van der Waals surface area (Å²) in [5.41, 5.74) is -1.33. The molecule has 0 spiro atoms. The number of rotatable bonds is 3. The Hall–Kier alpha value is -2.82. The van der Waals surface area contributed by atoms with Gasteiger partial charge in [0.1, 0.15) is 11.4 Å². The van der Waals surface area contributed by atoms with Gasteiger partial charge in [0.15, 0.2) is 0 Å². The van der Waals surface area contributed by atoms with Crippen LogP contribution in [0.1, 0.15) is 67.6 Å². The molecule has 2 amide bonds. The largest absolute Gasteiger partial charge is 0.444 e. The van der Waals surface area contributed by atoms with Crippen LogP contribution < -0.4 is 0 Å².